The predicted octanol–water partition coefficient (Wildman–Crippen LogP) is -0.230. The maximum absolute atomic E-state index is 8.56. The second-order valence-electron chi connectivity index (χ2n) is 3.19. The van der Waals surface area contributed by atoms with Gasteiger partial charge in [0.15, 0.2) is 0 Å². The van der Waals surface area contributed by atoms with Crippen LogP contribution in [0.4, 0.5) is 0 Å². The summed E-state index contributed by atoms with van der Waals surface area (Å²) in [5.74, 6) is 0. The summed E-state index contributed by atoms with van der Waals surface area (Å²) in [5, 5.41) is 17.1. The van der Waals surface area contributed by atoms with Crippen LogP contribution >= 0.6 is 0 Å². The summed E-state index contributed by atoms with van der Waals surface area (Å²) in [5.41, 5.74) is 0. The van der Waals surface area contributed by atoms with Crippen molar-refractivity contribution in [2.45, 2.75) is 26.3 Å². The van der Waals surface area contributed by atoms with E-state index in [0.717, 1.165) is 0 Å². The van der Waals surface area contributed by atoms with Gasteiger partial charge in [0.05, 0.1) is 0 Å². The molecule has 2 N–H and O–H groups in total. The quantitative estimate of drug-likeness (QED) is 0.518. The molecule has 13 heavy (non-hydrogen) atoms. The van der Waals surface area contributed by atoms with Crippen molar-refractivity contribution in [3.63, 3.8) is 0 Å². The van der Waals surface area contributed by atoms with Crippen LogP contribution in [0.15, 0.2) is 0 Å². The molecule has 0 aromatic carbocycles. The Morgan fingerprint density at radius 1 is 0.769 bits per heavy atom. The second-order valence-corrected chi connectivity index (χ2v) is 3.19. The molecule has 0 bridgehead atoms. The molecule has 2 unspecified atom stereocenters. The van der Waals surface area contributed by atoms with E-state index in [1.807, 2.05) is 28.2 Å². The number of aliphatic hydroxyl groups excluding tert-OH is 2. The van der Waals surface area contributed by atoms with E-state index in [9.17, 15) is 0 Å². The Hall–Kier alpha value is 0.359. The molecule has 0 aliphatic carbocycles. The average Bonchev–Trinajstić information content (AvgIpc) is 1.88. The van der Waals surface area contributed by atoms with Gasteiger partial charge in [0.25, 0.3) is 0 Å². The van der Waals surface area contributed by atoms with Crippen LogP contribution in [0, 0.1) is 0 Å². The molecule has 1 radical (unpaired) electrons. The third kappa shape index (κ3) is 19.0. The van der Waals surface area contributed by atoms with Crippen molar-refractivity contribution in [2.24, 2.45) is 0 Å². The topological polar surface area (TPSA) is 46.9 Å². The zero-order chi connectivity index (χ0) is 10.3. The first-order chi connectivity index (χ1) is 5.29. The van der Waals surface area contributed by atoms with E-state index in [0.29, 0.717) is 0 Å². The van der Waals surface area contributed by atoms with Gasteiger partial charge in [-0.15, -0.1) is 0 Å². The van der Waals surface area contributed by atoms with Gasteiger partial charge in [-0.25, -0.2) is 0 Å². The Kier molecular flexibility index (Phi) is 15.3. The van der Waals surface area contributed by atoms with Crippen LogP contribution in [0.25, 0.3) is 0 Å². The van der Waals surface area contributed by atoms with Gasteiger partial charge in [0.1, 0.15) is 12.5 Å². The molecule has 0 aliphatic rings. The van der Waals surface area contributed by atoms with Crippen LogP contribution < -0.4 is 0 Å². The number of hydrogen-bond acceptors (Lipinski definition) is 4. The first-order valence-corrected chi connectivity index (χ1v) is 3.98. The molecule has 0 rings (SSSR count). The van der Waals surface area contributed by atoms with E-state index in [2.05, 4.69) is 0 Å². The standard InChI is InChI=1S/2C4H11NO.Cu/c2*1-4(6)5(2)3;/h2*4,6H,1-3H3;. The van der Waals surface area contributed by atoms with E-state index in [1.165, 1.54) is 0 Å². The first-order valence-electron chi connectivity index (χ1n) is 3.98. The predicted molar refractivity (Wildman–Crippen MR) is 50.7 cm³/mol. The van der Waals surface area contributed by atoms with Crippen LogP contribution in [0.5, 0.6) is 0 Å². The van der Waals surface area contributed by atoms with Crippen LogP contribution in [-0.2, 0) is 17.1 Å². The van der Waals surface area contributed by atoms with Crippen molar-refractivity contribution < 1.29 is 27.3 Å². The molecule has 0 aromatic rings. The molecular weight excluding hydrogens is 220 g/mol. The Morgan fingerprint density at radius 3 is 0.846 bits per heavy atom. The van der Waals surface area contributed by atoms with Crippen LogP contribution in [0.3, 0.4) is 0 Å². The summed E-state index contributed by atoms with van der Waals surface area (Å²) in [6.07, 6.45) is -0.630. The minimum atomic E-state index is -0.315. The molecular formula is C8H22CuN2O2. The molecule has 0 amide bonds. The fourth-order valence-electron chi connectivity index (χ4n) is 0. The zero-order valence-corrected chi connectivity index (χ0v) is 10.2. The van der Waals surface area contributed by atoms with Crippen LogP contribution in [0.1, 0.15) is 13.8 Å². The van der Waals surface area contributed by atoms with E-state index in [-0.39, 0.29) is 29.5 Å². The molecule has 2 atom stereocenters. The zero-order valence-electron chi connectivity index (χ0n) is 9.25. The number of hydrogen-bond donors (Lipinski definition) is 2. The van der Waals surface area contributed by atoms with Crippen molar-refractivity contribution in [2.75, 3.05) is 28.2 Å². The molecule has 5 heteroatoms. The summed E-state index contributed by atoms with van der Waals surface area (Å²) < 4.78 is 0. The van der Waals surface area contributed by atoms with E-state index in [1.54, 1.807) is 23.6 Å². The van der Waals surface area contributed by atoms with Gasteiger partial charge in [0, 0.05) is 17.1 Å². The SMILES string of the molecule is CC(O)N(C)C.CC(O)N(C)C.[Cu]. The van der Waals surface area contributed by atoms with Gasteiger partial charge < -0.3 is 10.2 Å². The van der Waals surface area contributed by atoms with Crippen molar-refractivity contribution >= 4 is 0 Å². The normalized spacial score (nSPS) is 14.3. The molecule has 0 saturated carbocycles. The van der Waals surface area contributed by atoms with Gasteiger partial charge in [-0.05, 0) is 42.0 Å². The van der Waals surface area contributed by atoms with E-state index >= 15 is 0 Å². The van der Waals surface area contributed by atoms with Gasteiger partial charge in [0.2, 0.25) is 0 Å². The van der Waals surface area contributed by atoms with Gasteiger partial charge >= 0.3 is 0 Å². The summed E-state index contributed by atoms with van der Waals surface area (Å²) in [7, 11) is 7.30. The van der Waals surface area contributed by atoms with Crippen molar-refractivity contribution in [1.82, 2.24) is 9.80 Å². The van der Waals surface area contributed by atoms with E-state index < -0.39 is 0 Å². The number of nitrogens with zero attached hydrogens (tertiary/aromatic N) is 2. The van der Waals surface area contributed by atoms with Gasteiger partial charge in [-0.2, -0.15) is 0 Å². The summed E-state index contributed by atoms with van der Waals surface area (Å²) in [4.78, 5) is 3.44. The van der Waals surface area contributed by atoms with E-state index in [4.69, 9.17) is 10.2 Å². The second kappa shape index (κ2) is 10.4. The molecule has 0 heterocycles. The van der Waals surface area contributed by atoms with Gasteiger partial charge in [-0.3, -0.25) is 9.80 Å². The van der Waals surface area contributed by atoms with Crippen molar-refractivity contribution in [1.29, 1.82) is 0 Å². The summed E-state index contributed by atoms with van der Waals surface area (Å²) >= 11 is 0. The smallest absolute Gasteiger partial charge is 0.104 e. The first kappa shape index (κ1) is 19.0. The van der Waals surface area contributed by atoms with Crippen LogP contribution in [0.2, 0.25) is 0 Å². The molecule has 0 fully saturated rings. The Bertz CT molecular complexity index is 74.1. The average molecular weight is 242 g/mol. The maximum Gasteiger partial charge on any atom is 0.104 e. The summed E-state index contributed by atoms with van der Waals surface area (Å²) in [6, 6.07) is 0. The number of aliphatic hydroxyl groups is 2. The molecule has 87 valence electrons. The van der Waals surface area contributed by atoms with Gasteiger partial charge in [-0.1, -0.05) is 0 Å². The Balaban J connectivity index is -0.000000143. The maximum atomic E-state index is 8.56. The summed E-state index contributed by atoms with van der Waals surface area (Å²) in [6.45, 7) is 3.44. The molecule has 4 nitrogen and oxygen atoms in total. The third-order valence-corrected chi connectivity index (χ3v) is 1.49. The minimum absolute atomic E-state index is 0. The molecule has 0 saturated heterocycles. The fourth-order valence-corrected chi connectivity index (χ4v) is 0. The number of rotatable bonds is 2. The molecule has 0 spiro atoms. The third-order valence-electron chi connectivity index (χ3n) is 1.49. The minimum Gasteiger partial charge on any atom is -0.379 e. The Labute approximate surface area is 92.0 Å². The molecule has 0 aliphatic heterocycles. The largest absolute Gasteiger partial charge is 0.379 e. The Morgan fingerprint density at radius 2 is 0.846 bits per heavy atom. The molecule has 0 aromatic heterocycles. The van der Waals surface area contributed by atoms with Crippen molar-refractivity contribution in [3.8, 4) is 0 Å². The monoisotopic (exact) mass is 241 g/mol. The van der Waals surface area contributed by atoms with Crippen molar-refractivity contribution in [3.05, 3.63) is 0 Å². The fraction of sp³-hybridized carbons (Fsp3) is 1.00. The van der Waals surface area contributed by atoms with Crippen LogP contribution in [-0.4, -0.2) is 60.7 Å².